The van der Waals surface area contributed by atoms with Crippen LogP contribution in [0.4, 0.5) is 0 Å². The molecule has 0 aliphatic rings. The number of allylic oxidation sites excluding steroid dienone is 5. The summed E-state index contributed by atoms with van der Waals surface area (Å²) in [5.41, 5.74) is 0. The zero-order chi connectivity index (χ0) is 18.0. The van der Waals surface area contributed by atoms with Crippen LogP contribution in [-0.4, -0.2) is 32.1 Å². The third kappa shape index (κ3) is 13.9. The van der Waals surface area contributed by atoms with Crippen LogP contribution in [0.15, 0.2) is 36.5 Å². The lowest BCUT2D eigenvalue weighted by atomic mass is 10.1. The second-order valence-corrected chi connectivity index (χ2v) is 5.65. The highest BCUT2D eigenvalue weighted by molar-refractivity contribution is 5.89. The molecule has 0 aromatic heterocycles. The van der Waals surface area contributed by atoms with E-state index in [1.807, 2.05) is 24.3 Å². The van der Waals surface area contributed by atoms with Crippen LogP contribution in [0.5, 0.6) is 0 Å². The van der Waals surface area contributed by atoms with Gasteiger partial charge < -0.3 is 9.47 Å². The summed E-state index contributed by atoms with van der Waals surface area (Å²) < 4.78 is 9.89. The van der Waals surface area contributed by atoms with Crippen LogP contribution >= 0.6 is 0 Å². The van der Waals surface area contributed by atoms with Crippen molar-refractivity contribution in [2.24, 2.45) is 0 Å². The molecule has 0 aliphatic heterocycles. The zero-order valence-electron chi connectivity index (χ0n) is 15.3. The smallest absolute Gasteiger partial charge is 0.305 e. The van der Waals surface area contributed by atoms with E-state index < -0.39 is 0 Å². The first kappa shape index (κ1) is 22.3. The average Bonchev–Trinajstić information content (AvgIpc) is 2.59. The Hall–Kier alpha value is -1.68. The van der Waals surface area contributed by atoms with Crippen molar-refractivity contribution in [2.45, 2.75) is 64.4 Å². The Balaban J connectivity index is 3.76. The summed E-state index contributed by atoms with van der Waals surface area (Å²) in [6.45, 7) is 2.13. The fraction of sp³-hybridized carbons (Fsp3) is 0.600. The van der Waals surface area contributed by atoms with Crippen molar-refractivity contribution in [1.29, 1.82) is 0 Å². The molecule has 0 bridgehead atoms. The first-order valence-electron chi connectivity index (χ1n) is 8.78. The van der Waals surface area contributed by atoms with Crippen molar-refractivity contribution in [3.8, 4) is 0 Å². The van der Waals surface area contributed by atoms with E-state index in [9.17, 15) is 9.59 Å². The second kappa shape index (κ2) is 16.2. The van der Waals surface area contributed by atoms with Crippen molar-refractivity contribution in [3.63, 3.8) is 0 Å². The SMILES string of the molecule is CCCC(C=CC=CC=CC(=O)CCCCCCC(=O)OC)OC. The van der Waals surface area contributed by atoms with Gasteiger partial charge in [-0.2, -0.15) is 0 Å². The molecule has 1 unspecified atom stereocenters. The van der Waals surface area contributed by atoms with Crippen LogP contribution in [0.2, 0.25) is 0 Å². The Morgan fingerprint density at radius 3 is 2.21 bits per heavy atom. The van der Waals surface area contributed by atoms with Gasteiger partial charge in [-0.1, -0.05) is 56.6 Å². The molecule has 24 heavy (non-hydrogen) atoms. The monoisotopic (exact) mass is 336 g/mol. The van der Waals surface area contributed by atoms with Crippen LogP contribution < -0.4 is 0 Å². The average molecular weight is 336 g/mol. The van der Waals surface area contributed by atoms with Gasteiger partial charge in [0.15, 0.2) is 5.78 Å². The number of ketones is 1. The number of rotatable bonds is 14. The van der Waals surface area contributed by atoms with E-state index in [0.29, 0.717) is 12.8 Å². The molecule has 0 N–H and O–H groups in total. The van der Waals surface area contributed by atoms with E-state index in [1.165, 1.54) is 7.11 Å². The predicted octanol–water partition coefficient (Wildman–Crippen LogP) is 4.55. The fourth-order valence-electron chi connectivity index (χ4n) is 2.16. The number of unbranched alkanes of at least 4 members (excludes halogenated alkanes) is 3. The molecular weight excluding hydrogens is 304 g/mol. The molecule has 0 heterocycles. The van der Waals surface area contributed by atoms with Gasteiger partial charge in [0.2, 0.25) is 0 Å². The molecule has 0 aromatic carbocycles. The normalized spacial score (nSPS) is 13.1. The molecule has 0 amide bonds. The summed E-state index contributed by atoms with van der Waals surface area (Å²) in [6.07, 6.45) is 18.0. The minimum Gasteiger partial charge on any atom is -0.469 e. The van der Waals surface area contributed by atoms with Gasteiger partial charge in [-0.05, 0) is 25.3 Å². The van der Waals surface area contributed by atoms with Crippen LogP contribution in [0.25, 0.3) is 0 Å². The van der Waals surface area contributed by atoms with Crippen LogP contribution in [0, 0.1) is 0 Å². The standard InChI is InChI=1S/C20H32O4/c1-4-13-19(23-2)16-11-7-5-9-14-18(21)15-10-6-8-12-17-20(22)24-3/h5,7,9,11,14,16,19H,4,6,8,10,12-13,15,17H2,1-3H3. The molecule has 0 spiro atoms. The summed E-state index contributed by atoms with van der Waals surface area (Å²) in [7, 11) is 3.11. The van der Waals surface area contributed by atoms with E-state index >= 15 is 0 Å². The minimum atomic E-state index is -0.165. The number of ether oxygens (including phenoxy) is 2. The molecule has 0 saturated heterocycles. The van der Waals surface area contributed by atoms with Gasteiger partial charge in [-0.3, -0.25) is 9.59 Å². The summed E-state index contributed by atoms with van der Waals surface area (Å²) in [6, 6.07) is 0. The van der Waals surface area contributed by atoms with Crippen LogP contribution in [0.3, 0.4) is 0 Å². The minimum absolute atomic E-state index is 0.136. The van der Waals surface area contributed by atoms with Gasteiger partial charge >= 0.3 is 5.97 Å². The van der Waals surface area contributed by atoms with Crippen molar-refractivity contribution >= 4 is 11.8 Å². The molecule has 4 heteroatoms. The Morgan fingerprint density at radius 2 is 1.58 bits per heavy atom. The summed E-state index contributed by atoms with van der Waals surface area (Å²) >= 11 is 0. The Kier molecular flexibility index (Phi) is 15.1. The maximum absolute atomic E-state index is 11.7. The van der Waals surface area contributed by atoms with Gasteiger partial charge in [-0.25, -0.2) is 0 Å². The summed E-state index contributed by atoms with van der Waals surface area (Å²) in [5.74, 6) is -0.0290. The van der Waals surface area contributed by atoms with Crippen molar-refractivity contribution in [2.75, 3.05) is 14.2 Å². The second-order valence-electron chi connectivity index (χ2n) is 5.65. The molecule has 0 aromatic rings. The Morgan fingerprint density at radius 1 is 0.917 bits per heavy atom. The number of methoxy groups -OCH3 is 2. The van der Waals surface area contributed by atoms with E-state index in [0.717, 1.165) is 38.5 Å². The maximum atomic E-state index is 11.7. The first-order chi connectivity index (χ1) is 11.6. The number of hydrogen-bond acceptors (Lipinski definition) is 4. The molecule has 0 aliphatic carbocycles. The lowest BCUT2D eigenvalue weighted by Crippen LogP contribution is -2.05. The molecule has 1 atom stereocenters. The van der Waals surface area contributed by atoms with E-state index in [-0.39, 0.29) is 17.9 Å². The fourth-order valence-corrected chi connectivity index (χ4v) is 2.16. The topological polar surface area (TPSA) is 52.6 Å². The van der Waals surface area contributed by atoms with E-state index in [4.69, 9.17) is 4.74 Å². The number of hydrogen-bond donors (Lipinski definition) is 0. The molecule has 136 valence electrons. The van der Waals surface area contributed by atoms with Gasteiger partial charge in [-0.15, -0.1) is 0 Å². The number of esters is 1. The highest BCUT2D eigenvalue weighted by atomic mass is 16.5. The van der Waals surface area contributed by atoms with Crippen LogP contribution in [-0.2, 0) is 19.1 Å². The molecule has 0 fully saturated rings. The third-order valence-corrected chi connectivity index (χ3v) is 3.60. The zero-order valence-corrected chi connectivity index (χ0v) is 15.3. The first-order valence-corrected chi connectivity index (χ1v) is 8.78. The molecule has 0 rings (SSSR count). The highest BCUT2D eigenvalue weighted by Gasteiger charge is 2.00. The Bertz CT molecular complexity index is 421. The van der Waals surface area contributed by atoms with Crippen molar-refractivity contribution in [1.82, 2.24) is 0 Å². The van der Waals surface area contributed by atoms with Crippen molar-refractivity contribution < 1.29 is 19.1 Å². The Labute approximate surface area is 146 Å². The lowest BCUT2D eigenvalue weighted by molar-refractivity contribution is -0.140. The lowest BCUT2D eigenvalue weighted by Gasteiger charge is -2.07. The maximum Gasteiger partial charge on any atom is 0.305 e. The molecule has 0 radical (unpaired) electrons. The largest absolute Gasteiger partial charge is 0.469 e. The summed E-state index contributed by atoms with van der Waals surface area (Å²) in [5, 5.41) is 0. The molecule has 4 nitrogen and oxygen atoms in total. The number of carbonyl (C=O) groups excluding carboxylic acids is 2. The van der Waals surface area contributed by atoms with Gasteiger partial charge in [0.05, 0.1) is 13.2 Å². The number of carbonyl (C=O) groups is 2. The van der Waals surface area contributed by atoms with E-state index in [2.05, 4.69) is 11.7 Å². The highest BCUT2D eigenvalue weighted by Crippen LogP contribution is 2.07. The van der Waals surface area contributed by atoms with Gasteiger partial charge in [0, 0.05) is 20.0 Å². The molecule has 0 saturated carbocycles. The molecular formula is C20H32O4. The third-order valence-electron chi connectivity index (χ3n) is 3.60. The summed E-state index contributed by atoms with van der Waals surface area (Å²) in [4.78, 5) is 22.6. The van der Waals surface area contributed by atoms with Gasteiger partial charge in [0.1, 0.15) is 0 Å². The van der Waals surface area contributed by atoms with Crippen LogP contribution in [0.1, 0.15) is 58.3 Å². The van der Waals surface area contributed by atoms with Crippen molar-refractivity contribution in [3.05, 3.63) is 36.5 Å². The van der Waals surface area contributed by atoms with E-state index in [1.54, 1.807) is 19.3 Å². The quantitative estimate of drug-likeness (QED) is 0.202. The predicted molar refractivity (Wildman–Crippen MR) is 97.9 cm³/mol. The van der Waals surface area contributed by atoms with Gasteiger partial charge in [0.25, 0.3) is 0 Å².